The Morgan fingerprint density at radius 2 is 2.07 bits per heavy atom. The summed E-state index contributed by atoms with van der Waals surface area (Å²) in [5.41, 5.74) is 5.60. The van der Waals surface area contributed by atoms with E-state index in [4.69, 9.17) is 5.73 Å². The molecule has 4 N–H and O–H groups in total. The van der Waals surface area contributed by atoms with Crippen LogP contribution >= 0.6 is 0 Å². The predicted octanol–water partition coefficient (Wildman–Crippen LogP) is 0.391. The van der Waals surface area contributed by atoms with E-state index in [1.165, 1.54) is 0 Å². The Kier molecular flexibility index (Phi) is 7.42. The van der Waals surface area contributed by atoms with Crippen LogP contribution in [0.15, 0.2) is 0 Å². The number of carbonyl (C=O) groups is 1. The van der Waals surface area contributed by atoms with Gasteiger partial charge in [-0.05, 0) is 19.3 Å². The van der Waals surface area contributed by atoms with Gasteiger partial charge in [0.1, 0.15) is 0 Å². The monoisotopic (exact) mass is 202 g/mol. The highest BCUT2D eigenvalue weighted by Crippen LogP contribution is 1.96. The lowest BCUT2D eigenvalue weighted by Gasteiger charge is -2.12. The summed E-state index contributed by atoms with van der Waals surface area (Å²) >= 11 is 0. The van der Waals surface area contributed by atoms with Crippen molar-refractivity contribution in [1.82, 2.24) is 5.32 Å². The summed E-state index contributed by atoms with van der Waals surface area (Å²) in [5, 5.41) is 11.9. The first kappa shape index (κ1) is 13.4. The molecule has 0 aliphatic carbocycles. The number of hydrogen-bond acceptors (Lipinski definition) is 3. The summed E-state index contributed by atoms with van der Waals surface area (Å²) in [7, 11) is 0. The molecule has 0 aliphatic heterocycles. The minimum Gasteiger partial charge on any atom is -0.393 e. The van der Waals surface area contributed by atoms with Crippen molar-refractivity contribution >= 4 is 5.91 Å². The van der Waals surface area contributed by atoms with Crippen molar-refractivity contribution in [3.8, 4) is 0 Å². The largest absolute Gasteiger partial charge is 0.393 e. The van der Waals surface area contributed by atoms with Crippen molar-refractivity contribution in [3.63, 3.8) is 0 Å². The number of amides is 1. The molecule has 0 radical (unpaired) electrons. The molecule has 4 heteroatoms. The number of rotatable bonds is 7. The van der Waals surface area contributed by atoms with Crippen LogP contribution in [0.2, 0.25) is 0 Å². The van der Waals surface area contributed by atoms with E-state index in [0.29, 0.717) is 19.4 Å². The van der Waals surface area contributed by atoms with Gasteiger partial charge >= 0.3 is 0 Å². The molecular formula is C10H22N2O2. The van der Waals surface area contributed by atoms with Gasteiger partial charge in [-0.15, -0.1) is 0 Å². The van der Waals surface area contributed by atoms with Crippen LogP contribution in [0.3, 0.4) is 0 Å². The molecular weight excluding hydrogens is 180 g/mol. The van der Waals surface area contributed by atoms with Gasteiger partial charge in [-0.25, -0.2) is 0 Å². The zero-order chi connectivity index (χ0) is 11.0. The lowest BCUT2D eigenvalue weighted by molar-refractivity contribution is -0.122. The normalized spacial score (nSPS) is 14.9. The molecule has 0 saturated heterocycles. The third-order valence-electron chi connectivity index (χ3n) is 2.18. The minimum atomic E-state index is -0.404. The van der Waals surface area contributed by atoms with E-state index >= 15 is 0 Å². The fourth-order valence-electron chi connectivity index (χ4n) is 1.14. The molecule has 2 atom stereocenters. The van der Waals surface area contributed by atoms with Gasteiger partial charge in [0.25, 0.3) is 0 Å². The zero-order valence-corrected chi connectivity index (χ0v) is 9.12. The molecule has 4 nitrogen and oxygen atoms in total. The second-order valence-corrected chi connectivity index (χ2v) is 3.54. The van der Waals surface area contributed by atoms with E-state index in [1.807, 2.05) is 13.8 Å². The summed E-state index contributed by atoms with van der Waals surface area (Å²) in [6.45, 7) is 4.41. The molecule has 14 heavy (non-hydrogen) atoms. The van der Waals surface area contributed by atoms with Crippen LogP contribution < -0.4 is 11.1 Å². The average molecular weight is 202 g/mol. The van der Waals surface area contributed by atoms with Crippen molar-refractivity contribution in [3.05, 3.63) is 0 Å². The Morgan fingerprint density at radius 1 is 1.43 bits per heavy atom. The van der Waals surface area contributed by atoms with Gasteiger partial charge in [-0.2, -0.15) is 0 Å². The fourth-order valence-corrected chi connectivity index (χ4v) is 1.14. The summed E-state index contributed by atoms with van der Waals surface area (Å²) in [6, 6.07) is -0.404. The van der Waals surface area contributed by atoms with E-state index in [9.17, 15) is 9.90 Å². The Bertz CT molecular complexity index is 162. The highest BCUT2D eigenvalue weighted by atomic mass is 16.3. The smallest absolute Gasteiger partial charge is 0.236 e. The number of hydrogen-bond donors (Lipinski definition) is 3. The second-order valence-electron chi connectivity index (χ2n) is 3.54. The van der Waals surface area contributed by atoms with Crippen LogP contribution in [0.25, 0.3) is 0 Å². The average Bonchev–Trinajstić information content (AvgIpc) is 2.17. The van der Waals surface area contributed by atoms with Crippen molar-refractivity contribution in [2.75, 3.05) is 6.54 Å². The van der Waals surface area contributed by atoms with Gasteiger partial charge in [0.15, 0.2) is 0 Å². The first-order valence-electron chi connectivity index (χ1n) is 5.33. The van der Waals surface area contributed by atoms with Gasteiger partial charge in [0.05, 0.1) is 12.1 Å². The number of aliphatic hydroxyl groups is 1. The molecule has 0 rings (SSSR count). The quantitative estimate of drug-likeness (QED) is 0.559. The molecule has 0 aliphatic rings. The molecule has 0 aromatic heterocycles. The van der Waals surface area contributed by atoms with Crippen LogP contribution in [0.1, 0.15) is 39.5 Å². The Labute approximate surface area is 85.9 Å². The van der Waals surface area contributed by atoms with Crippen LogP contribution in [-0.4, -0.2) is 29.7 Å². The highest BCUT2D eigenvalue weighted by Gasteiger charge is 2.11. The Balaban J connectivity index is 3.53. The maximum absolute atomic E-state index is 11.3. The van der Waals surface area contributed by atoms with Gasteiger partial charge < -0.3 is 16.2 Å². The Morgan fingerprint density at radius 3 is 2.57 bits per heavy atom. The molecule has 0 saturated carbocycles. The van der Waals surface area contributed by atoms with E-state index < -0.39 is 6.04 Å². The number of carbonyl (C=O) groups excluding carboxylic acids is 1. The summed E-state index contributed by atoms with van der Waals surface area (Å²) in [5.74, 6) is -0.116. The van der Waals surface area contributed by atoms with Gasteiger partial charge in [-0.3, -0.25) is 4.79 Å². The highest BCUT2D eigenvalue weighted by molar-refractivity contribution is 5.81. The van der Waals surface area contributed by atoms with Crippen molar-refractivity contribution in [2.45, 2.75) is 51.7 Å². The van der Waals surface area contributed by atoms with Crippen LogP contribution in [-0.2, 0) is 4.79 Å². The number of nitrogens with one attached hydrogen (secondary N) is 1. The maximum atomic E-state index is 11.3. The van der Waals surface area contributed by atoms with Crippen molar-refractivity contribution < 1.29 is 9.90 Å². The van der Waals surface area contributed by atoms with Crippen molar-refractivity contribution in [1.29, 1.82) is 0 Å². The molecule has 0 bridgehead atoms. The fraction of sp³-hybridized carbons (Fsp3) is 0.900. The summed E-state index contributed by atoms with van der Waals surface area (Å²) in [4.78, 5) is 11.3. The zero-order valence-electron chi connectivity index (χ0n) is 9.12. The molecule has 1 amide bonds. The number of nitrogens with two attached hydrogens (primary N) is 1. The SMILES string of the molecule is CCC[C@H](N)C(=O)NCCC(O)CC. The molecule has 1 unspecified atom stereocenters. The van der Waals surface area contributed by atoms with Crippen LogP contribution in [0.4, 0.5) is 0 Å². The molecule has 84 valence electrons. The van der Waals surface area contributed by atoms with Crippen LogP contribution in [0, 0.1) is 0 Å². The summed E-state index contributed by atoms with van der Waals surface area (Å²) in [6.07, 6.45) is 2.62. The van der Waals surface area contributed by atoms with Gasteiger partial charge in [0, 0.05) is 6.54 Å². The van der Waals surface area contributed by atoms with Crippen molar-refractivity contribution in [2.24, 2.45) is 5.73 Å². The predicted molar refractivity (Wildman–Crippen MR) is 56.8 cm³/mol. The molecule has 0 spiro atoms. The standard InChI is InChI=1S/C10H22N2O2/c1-3-5-9(11)10(14)12-7-6-8(13)4-2/h8-9,13H,3-7,11H2,1-2H3,(H,12,14)/t8?,9-/m0/s1. The first-order valence-corrected chi connectivity index (χ1v) is 5.33. The summed E-state index contributed by atoms with van der Waals surface area (Å²) < 4.78 is 0. The van der Waals surface area contributed by atoms with Gasteiger partial charge in [-0.1, -0.05) is 20.3 Å². The van der Waals surface area contributed by atoms with E-state index in [-0.39, 0.29) is 12.0 Å². The molecule has 0 heterocycles. The molecule has 0 fully saturated rings. The lowest BCUT2D eigenvalue weighted by Crippen LogP contribution is -2.41. The van der Waals surface area contributed by atoms with E-state index in [1.54, 1.807) is 0 Å². The van der Waals surface area contributed by atoms with E-state index in [0.717, 1.165) is 12.8 Å². The van der Waals surface area contributed by atoms with E-state index in [2.05, 4.69) is 5.32 Å². The maximum Gasteiger partial charge on any atom is 0.236 e. The topological polar surface area (TPSA) is 75.4 Å². The van der Waals surface area contributed by atoms with Gasteiger partial charge in [0.2, 0.25) is 5.91 Å². The minimum absolute atomic E-state index is 0.116. The molecule has 0 aromatic carbocycles. The first-order chi connectivity index (χ1) is 6.61. The third kappa shape index (κ3) is 5.94. The number of aliphatic hydroxyl groups excluding tert-OH is 1. The third-order valence-corrected chi connectivity index (χ3v) is 2.18. The van der Waals surface area contributed by atoms with Crippen LogP contribution in [0.5, 0.6) is 0 Å². The Hall–Kier alpha value is -0.610. The second kappa shape index (κ2) is 7.76. The molecule has 0 aromatic rings. The lowest BCUT2D eigenvalue weighted by atomic mass is 10.1.